The van der Waals surface area contributed by atoms with Crippen LogP contribution in [0.3, 0.4) is 0 Å². The molecule has 0 aromatic heterocycles. The minimum atomic E-state index is -0.125. The molecule has 2 aliphatic heterocycles. The van der Waals surface area contributed by atoms with Gasteiger partial charge in [0.1, 0.15) is 6.79 Å². The summed E-state index contributed by atoms with van der Waals surface area (Å²) in [5.41, 5.74) is 0. The molecule has 0 bridgehead atoms. The van der Waals surface area contributed by atoms with Crippen molar-refractivity contribution in [2.45, 2.75) is 25.0 Å². The number of rotatable bonds is 2. The summed E-state index contributed by atoms with van der Waals surface area (Å²) in [7, 11) is 0. The fraction of sp³-hybridized carbons (Fsp3) is 1.00. The van der Waals surface area contributed by atoms with E-state index >= 15 is 0 Å². The first-order valence-electron chi connectivity index (χ1n) is 4.94. The van der Waals surface area contributed by atoms with Crippen molar-refractivity contribution in [1.29, 1.82) is 0 Å². The van der Waals surface area contributed by atoms with Crippen molar-refractivity contribution in [3.05, 3.63) is 0 Å². The monoisotopic (exact) mass is 187 g/mol. The van der Waals surface area contributed by atoms with Gasteiger partial charge in [-0.05, 0) is 12.8 Å². The first-order chi connectivity index (χ1) is 6.34. The van der Waals surface area contributed by atoms with Crippen molar-refractivity contribution < 1.29 is 14.6 Å². The quantitative estimate of drug-likeness (QED) is 0.651. The zero-order valence-electron chi connectivity index (χ0n) is 7.82. The van der Waals surface area contributed by atoms with E-state index in [1.807, 2.05) is 0 Å². The normalized spacial score (nSPS) is 36.7. The summed E-state index contributed by atoms with van der Waals surface area (Å²) in [4.78, 5) is 2.26. The lowest BCUT2D eigenvalue weighted by atomic mass is 10.2. The molecule has 2 heterocycles. The molecule has 76 valence electrons. The van der Waals surface area contributed by atoms with E-state index in [2.05, 4.69) is 4.90 Å². The van der Waals surface area contributed by atoms with Gasteiger partial charge in [0.25, 0.3) is 0 Å². The lowest BCUT2D eigenvalue weighted by molar-refractivity contribution is -0.143. The Morgan fingerprint density at radius 1 is 1.38 bits per heavy atom. The van der Waals surface area contributed by atoms with Crippen molar-refractivity contribution in [2.24, 2.45) is 0 Å². The predicted octanol–water partition coefficient (Wildman–Crippen LogP) is -0.184. The van der Waals surface area contributed by atoms with Crippen LogP contribution in [0.5, 0.6) is 0 Å². The summed E-state index contributed by atoms with van der Waals surface area (Å²) in [5.74, 6) is 0. The van der Waals surface area contributed by atoms with Crippen molar-refractivity contribution in [1.82, 2.24) is 4.90 Å². The first kappa shape index (κ1) is 9.40. The molecule has 2 atom stereocenters. The molecule has 0 radical (unpaired) electrons. The molecule has 2 saturated heterocycles. The number of nitrogens with zero attached hydrogens (tertiary/aromatic N) is 1. The smallest absolute Gasteiger partial charge is 0.147 e. The Kier molecular flexibility index (Phi) is 3.16. The molecule has 4 heteroatoms. The average Bonchev–Trinajstić information content (AvgIpc) is 2.53. The van der Waals surface area contributed by atoms with Gasteiger partial charge in [-0.3, -0.25) is 4.90 Å². The number of aliphatic hydroxyl groups excluding tert-OH is 1. The van der Waals surface area contributed by atoms with E-state index in [1.165, 1.54) is 0 Å². The second kappa shape index (κ2) is 4.37. The van der Waals surface area contributed by atoms with Crippen LogP contribution in [0.15, 0.2) is 0 Å². The van der Waals surface area contributed by atoms with Crippen LogP contribution in [-0.4, -0.2) is 55.2 Å². The number of aliphatic hydroxyl groups is 1. The van der Waals surface area contributed by atoms with Gasteiger partial charge in [-0.15, -0.1) is 0 Å². The summed E-state index contributed by atoms with van der Waals surface area (Å²) in [6.07, 6.45) is 2.06. The van der Waals surface area contributed by atoms with Gasteiger partial charge in [0.05, 0.1) is 18.8 Å². The Hall–Kier alpha value is -0.160. The van der Waals surface area contributed by atoms with Crippen LogP contribution in [-0.2, 0) is 9.47 Å². The SMILES string of the molecule is O[C@H]1CCN(CC2CCOCO2)C1. The van der Waals surface area contributed by atoms with Gasteiger partial charge in [0.2, 0.25) is 0 Å². The lowest BCUT2D eigenvalue weighted by Crippen LogP contribution is -2.36. The number of likely N-dealkylation sites (tertiary alicyclic amines) is 1. The minimum Gasteiger partial charge on any atom is -0.392 e. The summed E-state index contributed by atoms with van der Waals surface area (Å²) < 4.78 is 10.5. The molecular formula is C9H17NO3. The van der Waals surface area contributed by atoms with Gasteiger partial charge in [-0.2, -0.15) is 0 Å². The molecule has 0 aromatic carbocycles. The molecule has 0 amide bonds. The standard InChI is InChI=1S/C9H17NO3/c11-8-1-3-10(5-8)6-9-2-4-12-7-13-9/h8-9,11H,1-7H2/t8-,9?/m0/s1. The molecule has 2 aliphatic rings. The number of hydrogen-bond donors (Lipinski definition) is 1. The summed E-state index contributed by atoms with van der Waals surface area (Å²) in [6.45, 7) is 3.99. The third kappa shape index (κ3) is 2.64. The van der Waals surface area contributed by atoms with E-state index < -0.39 is 0 Å². The van der Waals surface area contributed by atoms with Crippen LogP contribution in [0.25, 0.3) is 0 Å². The Morgan fingerprint density at radius 3 is 2.92 bits per heavy atom. The van der Waals surface area contributed by atoms with Gasteiger partial charge in [0, 0.05) is 19.6 Å². The van der Waals surface area contributed by atoms with E-state index in [1.54, 1.807) is 0 Å². The molecule has 2 fully saturated rings. The second-order valence-electron chi connectivity index (χ2n) is 3.81. The zero-order valence-corrected chi connectivity index (χ0v) is 7.82. The maximum atomic E-state index is 9.32. The molecule has 0 aliphatic carbocycles. The van der Waals surface area contributed by atoms with Gasteiger partial charge < -0.3 is 14.6 Å². The molecule has 13 heavy (non-hydrogen) atoms. The Morgan fingerprint density at radius 2 is 2.31 bits per heavy atom. The zero-order chi connectivity index (χ0) is 9.10. The van der Waals surface area contributed by atoms with E-state index in [4.69, 9.17) is 9.47 Å². The molecule has 1 unspecified atom stereocenters. The van der Waals surface area contributed by atoms with Crippen LogP contribution in [0.1, 0.15) is 12.8 Å². The fourth-order valence-corrected chi connectivity index (χ4v) is 1.91. The van der Waals surface area contributed by atoms with Gasteiger partial charge in [-0.1, -0.05) is 0 Å². The molecule has 2 rings (SSSR count). The Bertz CT molecular complexity index is 156. The average molecular weight is 187 g/mol. The highest BCUT2D eigenvalue weighted by molar-refractivity contribution is 4.77. The summed E-state index contributed by atoms with van der Waals surface area (Å²) in [6, 6.07) is 0. The van der Waals surface area contributed by atoms with E-state index in [0.29, 0.717) is 12.9 Å². The minimum absolute atomic E-state index is 0.125. The van der Waals surface area contributed by atoms with E-state index in [9.17, 15) is 5.11 Å². The molecule has 0 aromatic rings. The number of hydrogen-bond acceptors (Lipinski definition) is 4. The third-order valence-electron chi connectivity index (χ3n) is 2.68. The second-order valence-corrected chi connectivity index (χ2v) is 3.81. The first-order valence-corrected chi connectivity index (χ1v) is 4.94. The summed E-state index contributed by atoms with van der Waals surface area (Å²) >= 11 is 0. The number of β-amino-alcohol motifs (C(OH)–C–C–N with tert-alkyl or cyclic N) is 1. The van der Waals surface area contributed by atoms with Crippen molar-refractivity contribution in [2.75, 3.05) is 33.0 Å². The highest BCUT2D eigenvalue weighted by atomic mass is 16.7. The molecule has 0 saturated carbocycles. The molecule has 0 spiro atoms. The van der Waals surface area contributed by atoms with Crippen LogP contribution in [0.4, 0.5) is 0 Å². The highest BCUT2D eigenvalue weighted by Crippen LogP contribution is 2.13. The predicted molar refractivity (Wildman–Crippen MR) is 47.4 cm³/mol. The maximum absolute atomic E-state index is 9.32. The van der Waals surface area contributed by atoms with Crippen molar-refractivity contribution in [3.63, 3.8) is 0 Å². The maximum Gasteiger partial charge on any atom is 0.147 e. The van der Waals surface area contributed by atoms with Crippen molar-refractivity contribution >= 4 is 0 Å². The Labute approximate surface area is 78.4 Å². The fourth-order valence-electron chi connectivity index (χ4n) is 1.91. The molecule has 1 N–H and O–H groups in total. The topological polar surface area (TPSA) is 41.9 Å². The summed E-state index contributed by atoms with van der Waals surface area (Å²) in [5, 5.41) is 9.32. The van der Waals surface area contributed by atoms with Gasteiger partial charge >= 0.3 is 0 Å². The van der Waals surface area contributed by atoms with Crippen molar-refractivity contribution in [3.8, 4) is 0 Å². The van der Waals surface area contributed by atoms with Crippen LogP contribution < -0.4 is 0 Å². The van der Waals surface area contributed by atoms with Crippen LogP contribution >= 0.6 is 0 Å². The lowest BCUT2D eigenvalue weighted by Gasteiger charge is -2.26. The van der Waals surface area contributed by atoms with Crippen LogP contribution in [0.2, 0.25) is 0 Å². The highest BCUT2D eigenvalue weighted by Gasteiger charge is 2.24. The molecular weight excluding hydrogens is 170 g/mol. The van der Waals surface area contributed by atoms with Gasteiger partial charge in [-0.25, -0.2) is 0 Å². The largest absolute Gasteiger partial charge is 0.392 e. The number of ether oxygens (including phenoxy) is 2. The third-order valence-corrected chi connectivity index (χ3v) is 2.68. The Balaban J connectivity index is 1.71. The van der Waals surface area contributed by atoms with E-state index in [0.717, 1.165) is 39.1 Å². The van der Waals surface area contributed by atoms with Gasteiger partial charge in [0.15, 0.2) is 0 Å². The van der Waals surface area contributed by atoms with Crippen LogP contribution in [0, 0.1) is 0 Å². The van der Waals surface area contributed by atoms with E-state index in [-0.39, 0.29) is 6.10 Å². The molecule has 4 nitrogen and oxygen atoms in total.